The highest BCUT2D eigenvalue weighted by atomic mass is 19.1. The number of aromatic nitrogens is 3. The Morgan fingerprint density at radius 3 is 2.73 bits per heavy atom. The quantitative estimate of drug-likeness (QED) is 0.781. The fraction of sp³-hybridized carbons (Fsp3) is 0.263. The van der Waals surface area contributed by atoms with Crippen LogP contribution < -0.4 is 0 Å². The van der Waals surface area contributed by atoms with E-state index in [0.29, 0.717) is 25.2 Å². The summed E-state index contributed by atoms with van der Waals surface area (Å²) >= 11 is 0. The Hall–Kier alpha value is -2.64. The number of nitrogens with zero attached hydrogens (tertiary/aromatic N) is 4. The Balaban J connectivity index is 1.57. The zero-order valence-corrected chi connectivity index (χ0v) is 14.0. The molecule has 1 aliphatic rings. The van der Waals surface area contributed by atoms with Crippen LogP contribution in [0.3, 0.4) is 0 Å². The van der Waals surface area contributed by atoms with E-state index in [1.165, 1.54) is 6.07 Å². The lowest BCUT2D eigenvalue weighted by Crippen LogP contribution is -2.25. The minimum Gasteiger partial charge on any atom is -0.392 e. The smallest absolute Gasteiger partial charge is 0.128 e. The van der Waals surface area contributed by atoms with Crippen LogP contribution in [0.25, 0.3) is 5.69 Å². The highest BCUT2D eigenvalue weighted by molar-refractivity contribution is 5.30. The van der Waals surface area contributed by atoms with Gasteiger partial charge in [0.15, 0.2) is 0 Å². The first kappa shape index (κ1) is 16.8. The van der Waals surface area contributed by atoms with E-state index in [4.69, 9.17) is 0 Å². The summed E-state index contributed by atoms with van der Waals surface area (Å²) in [6.07, 6.45) is 1.57. The van der Waals surface area contributed by atoms with Crippen LogP contribution in [0.5, 0.6) is 0 Å². The van der Waals surface area contributed by atoms with Gasteiger partial charge in [-0.3, -0.25) is 4.90 Å². The van der Waals surface area contributed by atoms with Crippen molar-refractivity contribution >= 4 is 0 Å². The van der Waals surface area contributed by atoms with Crippen molar-refractivity contribution in [1.29, 1.82) is 0 Å². The van der Waals surface area contributed by atoms with Crippen LogP contribution >= 0.6 is 0 Å². The molecule has 134 valence electrons. The molecule has 2 aromatic carbocycles. The maximum atomic E-state index is 14.2. The molecule has 0 amide bonds. The SMILES string of the molecule is OC1CC(c2cc(F)ccc2F)N(Cc2cn(-c3ccccc3)nn2)C1. The van der Waals surface area contributed by atoms with E-state index >= 15 is 0 Å². The van der Waals surface area contributed by atoms with Gasteiger partial charge in [-0.05, 0) is 36.8 Å². The van der Waals surface area contributed by atoms with Crippen LogP contribution in [-0.4, -0.2) is 37.6 Å². The number of hydrogen-bond acceptors (Lipinski definition) is 4. The average Bonchev–Trinajstić information content (AvgIpc) is 3.25. The third-order valence-corrected chi connectivity index (χ3v) is 4.63. The molecule has 1 N–H and O–H groups in total. The minimum absolute atomic E-state index is 0.261. The van der Waals surface area contributed by atoms with Crippen LogP contribution in [0.15, 0.2) is 54.7 Å². The van der Waals surface area contributed by atoms with E-state index < -0.39 is 23.8 Å². The largest absolute Gasteiger partial charge is 0.392 e. The summed E-state index contributed by atoms with van der Waals surface area (Å²) in [6, 6.07) is 12.6. The van der Waals surface area contributed by atoms with Crippen molar-refractivity contribution in [2.24, 2.45) is 0 Å². The first-order valence-electron chi connectivity index (χ1n) is 8.44. The van der Waals surface area contributed by atoms with Gasteiger partial charge in [0.05, 0.1) is 23.7 Å². The molecule has 4 rings (SSSR count). The molecule has 0 aliphatic carbocycles. The Bertz CT molecular complexity index is 900. The zero-order valence-electron chi connectivity index (χ0n) is 14.0. The molecule has 0 saturated carbocycles. The van der Waals surface area contributed by atoms with Crippen molar-refractivity contribution in [2.45, 2.75) is 25.1 Å². The molecule has 1 fully saturated rings. The number of aliphatic hydroxyl groups is 1. The molecule has 1 aromatic heterocycles. The predicted octanol–water partition coefficient (Wildman–Crippen LogP) is 2.85. The molecule has 2 heterocycles. The second-order valence-corrected chi connectivity index (χ2v) is 6.49. The van der Waals surface area contributed by atoms with Gasteiger partial charge in [0, 0.05) is 24.7 Å². The van der Waals surface area contributed by atoms with Crippen molar-refractivity contribution in [3.8, 4) is 5.69 Å². The van der Waals surface area contributed by atoms with Crippen molar-refractivity contribution in [1.82, 2.24) is 19.9 Å². The van der Waals surface area contributed by atoms with Gasteiger partial charge in [-0.1, -0.05) is 23.4 Å². The van der Waals surface area contributed by atoms with E-state index in [1.807, 2.05) is 35.2 Å². The third-order valence-electron chi connectivity index (χ3n) is 4.63. The first-order valence-corrected chi connectivity index (χ1v) is 8.44. The Kier molecular flexibility index (Phi) is 4.48. The molecule has 0 spiro atoms. The molecule has 1 aliphatic heterocycles. The van der Waals surface area contributed by atoms with Crippen LogP contribution in [-0.2, 0) is 6.54 Å². The van der Waals surface area contributed by atoms with E-state index in [1.54, 1.807) is 10.9 Å². The Morgan fingerprint density at radius 1 is 1.12 bits per heavy atom. The minimum atomic E-state index is -0.591. The molecule has 26 heavy (non-hydrogen) atoms. The number of likely N-dealkylation sites (tertiary alicyclic amines) is 1. The number of β-amino-alcohol motifs (C(OH)–C–C–N with tert-alkyl or cyclic N) is 1. The fourth-order valence-electron chi connectivity index (χ4n) is 3.43. The molecule has 5 nitrogen and oxygen atoms in total. The molecule has 1 saturated heterocycles. The van der Waals surface area contributed by atoms with Crippen molar-refractivity contribution in [2.75, 3.05) is 6.54 Å². The molecule has 0 radical (unpaired) electrons. The topological polar surface area (TPSA) is 54.2 Å². The van der Waals surface area contributed by atoms with Crippen molar-refractivity contribution < 1.29 is 13.9 Å². The Labute approximate surface area is 149 Å². The normalized spacial score (nSPS) is 20.6. The number of rotatable bonds is 4. The Morgan fingerprint density at radius 2 is 1.92 bits per heavy atom. The highest BCUT2D eigenvalue weighted by Crippen LogP contribution is 2.34. The fourth-order valence-corrected chi connectivity index (χ4v) is 3.43. The van der Waals surface area contributed by atoms with Crippen molar-refractivity contribution in [3.63, 3.8) is 0 Å². The van der Waals surface area contributed by atoms with E-state index in [9.17, 15) is 13.9 Å². The van der Waals surface area contributed by atoms with Gasteiger partial charge < -0.3 is 5.11 Å². The highest BCUT2D eigenvalue weighted by Gasteiger charge is 2.34. The van der Waals surface area contributed by atoms with E-state index in [-0.39, 0.29) is 5.56 Å². The summed E-state index contributed by atoms with van der Waals surface area (Å²) in [4.78, 5) is 1.90. The number of benzene rings is 2. The summed E-state index contributed by atoms with van der Waals surface area (Å²) < 4.78 is 29.4. The number of halogens is 2. The lowest BCUT2D eigenvalue weighted by Gasteiger charge is -2.23. The maximum Gasteiger partial charge on any atom is 0.128 e. The van der Waals surface area contributed by atoms with Gasteiger partial charge in [0.2, 0.25) is 0 Å². The summed E-state index contributed by atoms with van der Waals surface area (Å²) in [6.45, 7) is 0.767. The lowest BCUT2D eigenvalue weighted by molar-refractivity contribution is 0.172. The van der Waals surface area contributed by atoms with Gasteiger partial charge in [-0.15, -0.1) is 5.10 Å². The van der Waals surface area contributed by atoms with Crippen LogP contribution in [0.1, 0.15) is 23.7 Å². The van der Waals surface area contributed by atoms with Gasteiger partial charge in [-0.25, -0.2) is 13.5 Å². The molecule has 2 atom stereocenters. The second-order valence-electron chi connectivity index (χ2n) is 6.49. The molecule has 3 aromatic rings. The third kappa shape index (κ3) is 3.36. The van der Waals surface area contributed by atoms with Gasteiger partial charge in [0.25, 0.3) is 0 Å². The molecular weight excluding hydrogens is 338 g/mol. The summed E-state index contributed by atoms with van der Waals surface area (Å²) in [5.41, 5.74) is 1.85. The first-order chi connectivity index (χ1) is 12.6. The van der Waals surface area contributed by atoms with Gasteiger partial charge >= 0.3 is 0 Å². The van der Waals surface area contributed by atoms with Crippen LogP contribution in [0.4, 0.5) is 8.78 Å². The van der Waals surface area contributed by atoms with Crippen LogP contribution in [0.2, 0.25) is 0 Å². The number of hydrogen-bond donors (Lipinski definition) is 1. The summed E-state index contributed by atoms with van der Waals surface area (Å²) in [5, 5.41) is 18.3. The lowest BCUT2D eigenvalue weighted by atomic mass is 10.0. The molecule has 2 unspecified atom stereocenters. The molecule has 7 heteroatoms. The monoisotopic (exact) mass is 356 g/mol. The predicted molar refractivity (Wildman–Crippen MR) is 91.5 cm³/mol. The van der Waals surface area contributed by atoms with E-state index in [2.05, 4.69) is 10.3 Å². The number of aliphatic hydroxyl groups excluding tert-OH is 1. The van der Waals surface area contributed by atoms with E-state index in [0.717, 1.165) is 17.8 Å². The summed E-state index contributed by atoms with van der Waals surface area (Å²) in [7, 11) is 0. The molecule has 0 bridgehead atoms. The van der Waals surface area contributed by atoms with Crippen LogP contribution in [0, 0.1) is 11.6 Å². The zero-order chi connectivity index (χ0) is 18.1. The number of para-hydroxylation sites is 1. The summed E-state index contributed by atoms with van der Waals surface area (Å²) in [5.74, 6) is -0.957. The molecular formula is C19H18F2N4O. The van der Waals surface area contributed by atoms with Gasteiger partial charge in [-0.2, -0.15) is 0 Å². The van der Waals surface area contributed by atoms with Crippen molar-refractivity contribution in [3.05, 3.63) is 77.6 Å². The van der Waals surface area contributed by atoms with Gasteiger partial charge in [0.1, 0.15) is 11.6 Å². The second kappa shape index (κ2) is 6.93. The standard InChI is InChI=1S/C19H18F2N4O/c20-13-6-7-18(21)17(8-13)19-9-16(26)12-24(19)10-14-11-25(23-22-14)15-4-2-1-3-5-15/h1-8,11,16,19,26H,9-10,12H2. The average molecular weight is 356 g/mol. The maximum absolute atomic E-state index is 14.2.